The largest absolute Gasteiger partial charge is 0.512 e. The second kappa shape index (κ2) is 6.50. The Morgan fingerprint density at radius 1 is 1.18 bits per heavy atom. The van der Waals surface area contributed by atoms with Crippen molar-refractivity contribution < 1.29 is 35.1 Å². The van der Waals surface area contributed by atoms with Crippen LogP contribution in [0.4, 0.5) is 0 Å². The minimum Gasteiger partial charge on any atom is -0.512 e. The number of esters is 1. The van der Waals surface area contributed by atoms with Gasteiger partial charge in [0.05, 0.1) is 5.76 Å². The first kappa shape index (κ1) is 15.9. The third-order valence-electron chi connectivity index (χ3n) is 3.18. The number of benzene rings is 1. The van der Waals surface area contributed by atoms with E-state index in [1.807, 2.05) is 0 Å². The molecular formula is C15H16O7. The highest BCUT2D eigenvalue weighted by Gasteiger charge is 2.33. The smallest absolute Gasteiger partial charge is 0.331 e. The number of ether oxygens (including phenoxy) is 1. The van der Waals surface area contributed by atoms with Gasteiger partial charge in [0.15, 0.2) is 11.5 Å². The highest BCUT2D eigenvalue weighted by Crippen LogP contribution is 2.25. The Morgan fingerprint density at radius 2 is 1.91 bits per heavy atom. The maximum absolute atomic E-state index is 11.7. The zero-order valence-electron chi connectivity index (χ0n) is 11.5. The Bertz CT molecular complexity index is 620. The first-order valence-electron chi connectivity index (χ1n) is 6.53. The Hall–Kier alpha value is -2.51. The summed E-state index contributed by atoms with van der Waals surface area (Å²) >= 11 is 0. The summed E-state index contributed by atoms with van der Waals surface area (Å²) in [6, 6.07) is 4.00. The molecule has 22 heavy (non-hydrogen) atoms. The fourth-order valence-corrected chi connectivity index (χ4v) is 2.02. The number of hydrogen-bond donors (Lipinski definition) is 5. The highest BCUT2D eigenvalue weighted by atomic mass is 16.6. The number of carbonyl (C=O) groups is 1. The topological polar surface area (TPSA) is 127 Å². The number of aliphatic hydroxyl groups is 3. The van der Waals surface area contributed by atoms with Gasteiger partial charge in [0, 0.05) is 12.5 Å². The van der Waals surface area contributed by atoms with Crippen molar-refractivity contribution in [2.45, 2.75) is 24.7 Å². The number of aliphatic hydroxyl groups excluding tert-OH is 3. The van der Waals surface area contributed by atoms with Gasteiger partial charge in [-0.15, -0.1) is 0 Å². The number of phenols is 2. The van der Waals surface area contributed by atoms with Crippen LogP contribution in [0.15, 0.2) is 36.1 Å². The van der Waals surface area contributed by atoms with Gasteiger partial charge < -0.3 is 30.3 Å². The van der Waals surface area contributed by atoms with Gasteiger partial charge in [-0.2, -0.15) is 0 Å². The monoisotopic (exact) mass is 308 g/mol. The fraction of sp³-hybridized carbons (Fsp3) is 0.267. The summed E-state index contributed by atoms with van der Waals surface area (Å²) in [7, 11) is 0. The van der Waals surface area contributed by atoms with Crippen LogP contribution in [0.1, 0.15) is 12.0 Å². The maximum Gasteiger partial charge on any atom is 0.331 e. The Balaban J connectivity index is 1.99. The lowest BCUT2D eigenvalue weighted by atomic mass is 9.97. The van der Waals surface area contributed by atoms with Crippen LogP contribution >= 0.6 is 0 Å². The van der Waals surface area contributed by atoms with Crippen LogP contribution in [0, 0.1) is 0 Å². The van der Waals surface area contributed by atoms with Crippen molar-refractivity contribution in [3.05, 3.63) is 41.7 Å². The molecule has 0 saturated carbocycles. The maximum atomic E-state index is 11.7. The molecule has 0 heterocycles. The molecule has 0 saturated heterocycles. The zero-order valence-corrected chi connectivity index (χ0v) is 11.5. The molecule has 1 aromatic rings. The van der Waals surface area contributed by atoms with Gasteiger partial charge in [0.25, 0.3) is 0 Å². The second-order valence-corrected chi connectivity index (χ2v) is 4.90. The van der Waals surface area contributed by atoms with Crippen LogP contribution < -0.4 is 0 Å². The summed E-state index contributed by atoms with van der Waals surface area (Å²) in [5.74, 6) is -1.54. The summed E-state index contributed by atoms with van der Waals surface area (Å²) < 4.78 is 4.97. The van der Waals surface area contributed by atoms with Crippen molar-refractivity contribution in [1.82, 2.24) is 0 Å². The lowest BCUT2D eigenvalue weighted by Gasteiger charge is -2.28. The molecule has 7 nitrogen and oxygen atoms in total. The number of aromatic hydroxyl groups is 2. The summed E-state index contributed by atoms with van der Waals surface area (Å²) in [5.41, 5.74) is 0.458. The van der Waals surface area contributed by atoms with Crippen molar-refractivity contribution in [3.63, 3.8) is 0 Å². The average Bonchev–Trinajstić information content (AvgIpc) is 2.45. The quantitative estimate of drug-likeness (QED) is 0.314. The van der Waals surface area contributed by atoms with E-state index in [1.54, 1.807) is 0 Å². The predicted octanol–water partition coefficient (Wildman–Crippen LogP) is 0.590. The lowest BCUT2D eigenvalue weighted by Crippen LogP contribution is -2.42. The summed E-state index contributed by atoms with van der Waals surface area (Å²) in [5, 5.41) is 47.0. The van der Waals surface area contributed by atoms with Crippen molar-refractivity contribution in [1.29, 1.82) is 0 Å². The van der Waals surface area contributed by atoms with Gasteiger partial charge in [-0.3, -0.25) is 0 Å². The molecule has 0 radical (unpaired) electrons. The van der Waals surface area contributed by atoms with Gasteiger partial charge in [0.1, 0.15) is 18.3 Å². The number of carbonyl (C=O) groups excluding carboxylic acids is 1. The van der Waals surface area contributed by atoms with Crippen LogP contribution in [-0.2, 0) is 9.53 Å². The number of hydrogen-bond acceptors (Lipinski definition) is 7. The molecule has 0 fully saturated rings. The standard InChI is InChI=1S/C15H16O7/c16-9-6-12(19)15(21)13(7-9)22-14(20)4-2-8-1-3-10(17)11(18)5-8/h1-6,12-13,15-19,21H,7H2/t12-,13-,15-/m1/s1. The summed E-state index contributed by atoms with van der Waals surface area (Å²) in [4.78, 5) is 11.7. The second-order valence-electron chi connectivity index (χ2n) is 4.90. The van der Waals surface area contributed by atoms with Gasteiger partial charge in [0.2, 0.25) is 0 Å². The molecule has 1 aromatic carbocycles. The van der Waals surface area contributed by atoms with E-state index >= 15 is 0 Å². The summed E-state index contributed by atoms with van der Waals surface area (Å²) in [6.07, 6.45) is -0.244. The molecule has 2 rings (SSSR count). The van der Waals surface area contributed by atoms with Crippen molar-refractivity contribution in [2.24, 2.45) is 0 Å². The third kappa shape index (κ3) is 3.78. The molecule has 3 atom stereocenters. The Kier molecular flexibility index (Phi) is 4.69. The molecule has 0 spiro atoms. The zero-order chi connectivity index (χ0) is 16.3. The van der Waals surface area contributed by atoms with E-state index in [0.29, 0.717) is 5.56 Å². The first-order valence-corrected chi connectivity index (χ1v) is 6.53. The third-order valence-corrected chi connectivity index (χ3v) is 3.18. The molecule has 0 aromatic heterocycles. The lowest BCUT2D eigenvalue weighted by molar-refractivity contribution is -0.154. The van der Waals surface area contributed by atoms with Gasteiger partial charge in [-0.25, -0.2) is 4.79 Å². The number of phenolic OH excluding ortho intramolecular Hbond substituents is 2. The van der Waals surface area contributed by atoms with E-state index in [0.717, 1.165) is 12.2 Å². The molecule has 0 bridgehead atoms. The highest BCUT2D eigenvalue weighted by molar-refractivity contribution is 5.87. The fourth-order valence-electron chi connectivity index (χ4n) is 2.02. The van der Waals surface area contributed by atoms with Crippen LogP contribution in [0.3, 0.4) is 0 Å². The minimum atomic E-state index is -1.31. The van der Waals surface area contributed by atoms with Gasteiger partial charge in [-0.05, 0) is 29.8 Å². The van der Waals surface area contributed by atoms with E-state index < -0.39 is 24.3 Å². The van der Waals surface area contributed by atoms with Crippen molar-refractivity contribution in [3.8, 4) is 11.5 Å². The SMILES string of the molecule is O=C(C=Cc1ccc(O)c(O)c1)O[C@@H]1CC(O)=C[C@@H](O)[C@H]1O. The molecule has 5 N–H and O–H groups in total. The molecule has 1 aliphatic carbocycles. The van der Waals surface area contributed by atoms with Crippen molar-refractivity contribution in [2.75, 3.05) is 0 Å². The molecule has 0 amide bonds. The van der Waals surface area contributed by atoms with Crippen LogP contribution in [-0.4, -0.2) is 49.8 Å². The first-order chi connectivity index (χ1) is 10.4. The van der Waals surface area contributed by atoms with E-state index in [9.17, 15) is 30.3 Å². The molecule has 0 aliphatic heterocycles. The van der Waals surface area contributed by atoms with Crippen LogP contribution in [0.2, 0.25) is 0 Å². The van der Waals surface area contributed by atoms with Crippen LogP contribution in [0.5, 0.6) is 11.5 Å². The van der Waals surface area contributed by atoms with E-state index in [2.05, 4.69) is 0 Å². The van der Waals surface area contributed by atoms with Crippen LogP contribution in [0.25, 0.3) is 6.08 Å². The molecule has 118 valence electrons. The van der Waals surface area contributed by atoms with E-state index in [1.165, 1.54) is 24.3 Å². The Morgan fingerprint density at radius 3 is 2.59 bits per heavy atom. The average molecular weight is 308 g/mol. The van der Waals surface area contributed by atoms with E-state index in [4.69, 9.17) is 4.74 Å². The molecular weight excluding hydrogens is 292 g/mol. The minimum absolute atomic E-state index is 0.0855. The molecule has 0 unspecified atom stereocenters. The Labute approximate surface area is 126 Å². The predicted molar refractivity (Wildman–Crippen MR) is 76.0 cm³/mol. The molecule has 1 aliphatic rings. The number of rotatable bonds is 3. The normalized spacial score (nSPS) is 25.0. The molecule has 7 heteroatoms. The van der Waals surface area contributed by atoms with E-state index in [-0.39, 0.29) is 23.7 Å². The van der Waals surface area contributed by atoms with Gasteiger partial charge >= 0.3 is 5.97 Å². The van der Waals surface area contributed by atoms with Gasteiger partial charge in [-0.1, -0.05) is 6.07 Å². The van der Waals surface area contributed by atoms with Crippen molar-refractivity contribution >= 4 is 12.0 Å². The summed E-state index contributed by atoms with van der Waals surface area (Å²) in [6.45, 7) is 0.